The Morgan fingerprint density at radius 3 is 2.38 bits per heavy atom. The second-order valence-corrected chi connectivity index (χ2v) is 10.8. The van der Waals surface area contributed by atoms with Gasteiger partial charge >= 0.3 is 0 Å². The molecule has 0 aliphatic heterocycles. The number of fused-ring (bicyclic) bond motifs is 1. The van der Waals surface area contributed by atoms with Crippen molar-refractivity contribution in [2.75, 3.05) is 0 Å². The van der Waals surface area contributed by atoms with E-state index in [-0.39, 0.29) is 16.9 Å². The van der Waals surface area contributed by atoms with E-state index in [4.69, 9.17) is 11.0 Å². The number of nitrogens with zero attached hydrogens (tertiary/aromatic N) is 2. The first-order chi connectivity index (χ1) is 15.2. The van der Waals surface area contributed by atoms with Crippen LogP contribution >= 0.6 is 0 Å². The highest BCUT2D eigenvalue weighted by atomic mass is 15.0. The van der Waals surface area contributed by atoms with Gasteiger partial charge in [-0.05, 0) is 66.6 Å². The van der Waals surface area contributed by atoms with Gasteiger partial charge in [-0.15, -0.1) is 0 Å². The van der Waals surface area contributed by atoms with Crippen molar-refractivity contribution in [3.63, 3.8) is 0 Å². The van der Waals surface area contributed by atoms with E-state index in [1.54, 1.807) is 0 Å². The maximum absolute atomic E-state index is 9.08. The maximum Gasteiger partial charge on any atom is 0.0638 e. The van der Waals surface area contributed by atoms with Crippen LogP contribution in [-0.4, -0.2) is 10.6 Å². The summed E-state index contributed by atoms with van der Waals surface area (Å²) in [7, 11) is 0. The Hall–Kier alpha value is -2.57. The van der Waals surface area contributed by atoms with E-state index in [0.29, 0.717) is 13.0 Å². The normalized spacial score (nSPS) is 16.2. The van der Waals surface area contributed by atoms with E-state index < -0.39 is 0 Å². The van der Waals surface area contributed by atoms with E-state index >= 15 is 0 Å². The van der Waals surface area contributed by atoms with Crippen molar-refractivity contribution in [3.8, 4) is 6.07 Å². The largest absolute Gasteiger partial charge is 0.342 e. The summed E-state index contributed by atoms with van der Waals surface area (Å²) in [6.45, 7) is 11.9. The Morgan fingerprint density at radius 2 is 1.78 bits per heavy atom. The van der Waals surface area contributed by atoms with Gasteiger partial charge in [-0.1, -0.05) is 58.4 Å². The molecule has 3 aromatic rings. The molecule has 3 heteroatoms. The van der Waals surface area contributed by atoms with Gasteiger partial charge < -0.3 is 10.3 Å². The first kappa shape index (κ1) is 22.6. The topological polar surface area (TPSA) is 54.7 Å². The molecule has 0 radical (unpaired) electrons. The lowest BCUT2D eigenvalue weighted by Gasteiger charge is -2.23. The molecule has 1 aliphatic rings. The molecule has 1 aromatic heterocycles. The lowest BCUT2D eigenvalue weighted by Crippen LogP contribution is -2.28. The molecule has 1 aliphatic carbocycles. The summed E-state index contributed by atoms with van der Waals surface area (Å²) in [5, 5.41) is 10.4. The van der Waals surface area contributed by atoms with Gasteiger partial charge in [0.25, 0.3) is 0 Å². The Balaban J connectivity index is 1.76. The highest BCUT2D eigenvalue weighted by molar-refractivity contribution is 5.83. The standard InChI is InChI=1S/C29H37N3/c1-6-7-21-8-9-23(16-20(21)2)29(13-14-29)24-10-11-26-22(17-24)18-27(28(3,4)5)32(26)19-25(31)12-15-30/h8-11,16-18,25H,6-7,12-14,19,31H2,1-5H3. The average Bonchev–Trinajstić information content (AvgIpc) is 3.46. The Kier molecular flexibility index (Phi) is 5.94. The molecular weight excluding hydrogens is 390 g/mol. The monoisotopic (exact) mass is 427 g/mol. The molecule has 2 aromatic carbocycles. The summed E-state index contributed by atoms with van der Waals surface area (Å²) in [6.07, 6.45) is 5.14. The molecule has 0 amide bonds. The minimum Gasteiger partial charge on any atom is -0.342 e. The lowest BCUT2D eigenvalue weighted by atomic mass is 9.85. The van der Waals surface area contributed by atoms with Crippen molar-refractivity contribution in [2.45, 2.75) is 90.1 Å². The van der Waals surface area contributed by atoms with Crippen LogP contribution in [0.2, 0.25) is 0 Å². The van der Waals surface area contributed by atoms with Crippen molar-refractivity contribution >= 4 is 10.9 Å². The van der Waals surface area contributed by atoms with Gasteiger partial charge in [-0.25, -0.2) is 0 Å². The first-order valence-corrected chi connectivity index (χ1v) is 12.1. The number of rotatable bonds is 7. The molecule has 1 unspecified atom stereocenters. The van der Waals surface area contributed by atoms with E-state index in [2.05, 4.69) is 87.7 Å². The van der Waals surface area contributed by atoms with Gasteiger partial charge in [0, 0.05) is 40.0 Å². The molecular formula is C29H37N3. The molecule has 168 valence electrons. The number of aryl methyl sites for hydroxylation is 2. The van der Waals surface area contributed by atoms with Crippen molar-refractivity contribution in [1.82, 2.24) is 4.57 Å². The maximum atomic E-state index is 9.08. The minimum atomic E-state index is -0.157. The summed E-state index contributed by atoms with van der Waals surface area (Å²) in [5.74, 6) is 0. The average molecular weight is 428 g/mol. The number of hydrogen-bond donors (Lipinski definition) is 1. The molecule has 0 bridgehead atoms. The van der Waals surface area contributed by atoms with Crippen LogP contribution in [0.3, 0.4) is 0 Å². The van der Waals surface area contributed by atoms with Gasteiger partial charge in [0.05, 0.1) is 12.5 Å². The zero-order valence-electron chi connectivity index (χ0n) is 20.3. The zero-order valence-corrected chi connectivity index (χ0v) is 20.3. The minimum absolute atomic E-state index is 0.00896. The third-order valence-electron chi connectivity index (χ3n) is 7.16. The van der Waals surface area contributed by atoms with Crippen LogP contribution in [0.5, 0.6) is 0 Å². The third-order valence-corrected chi connectivity index (χ3v) is 7.16. The van der Waals surface area contributed by atoms with Crippen LogP contribution in [0.15, 0.2) is 42.5 Å². The zero-order chi connectivity index (χ0) is 23.1. The molecule has 32 heavy (non-hydrogen) atoms. The SMILES string of the molecule is CCCc1ccc(C2(c3ccc4c(c3)cc(C(C)(C)C)n4CC(N)CC#N)CC2)cc1C. The summed E-state index contributed by atoms with van der Waals surface area (Å²) >= 11 is 0. The molecule has 1 saturated carbocycles. The van der Waals surface area contributed by atoms with Crippen LogP contribution in [-0.2, 0) is 23.8 Å². The fraction of sp³-hybridized carbons (Fsp3) is 0.483. The summed E-state index contributed by atoms with van der Waals surface area (Å²) < 4.78 is 2.34. The fourth-order valence-electron chi connectivity index (χ4n) is 5.22. The third kappa shape index (κ3) is 4.09. The van der Waals surface area contributed by atoms with Crippen molar-refractivity contribution < 1.29 is 0 Å². The second kappa shape index (κ2) is 8.41. The van der Waals surface area contributed by atoms with Crippen LogP contribution < -0.4 is 5.73 Å². The van der Waals surface area contributed by atoms with Crippen LogP contribution in [0.25, 0.3) is 10.9 Å². The van der Waals surface area contributed by atoms with Crippen LogP contribution in [0.1, 0.15) is 81.3 Å². The predicted octanol–water partition coefficient (Wildman–Crippen LogP) is 6.52. The van der Waals surface area contributed by atoms with Crippen molar-refractivity contribution in [1.29, 1.82) is 5.26 Å². The fourth-order valence-corrected chi connectivity index (χ4v) is 5.22. The molecule has 1 atom stereocenters. The van der Waals surface area contributed by atoms with Crippen LogP contribution in [0.4, 0.5) is 0 Å². The summed E-state index contributed by atoms with van der Waals surface area (Å²) in [5.41, 5.74) is 14.7. The van der Waals surface area contributed by atoms with Crippen molar-refractivity contribution in [3.05, 3.63) is 70.4 Å². The molecule has 1 fully saturated rings. The van der Waals surface area contributed by atoms with Crippen LogP contribution in [0, 0.1) is 18.3 Å². The smallest absolute Gasteiger partial charge is 0.0638 e. The number of nitrogens with two attached hydrogens (primary N) is 1. The predicted molar refractivity (Wildman–Crippen MR) is 134 cm³/mol. The van der Waals surface area contributed by atoms with Crippen molar-refractivity contribution in [2.24, 2.45) is 5.73 Å². The second-order valence-electron chi connectivity index (χ2n) is 10.8. The molecule has 0 saturated heterocycles. The van der Waals surface area contributed by atoms with Gasteiger partial charge in [0.2, 0.25) is 0 Å². The van der Waals surface area contributed by atoms with Gasteiger partial charge in [0.1, 0.15) is 0 Å². The Morgan fingerprint density at radius 1 is 1.09 bits per heavy atom. The van der Waals surface area contributed by atoms with E-state index in [0.717, 1.165) is 6.42 Å². The van der Waals surface area contributed by atoms with Gasteiger partial charge in [-0.3, -0.25) is 0 Å². The van der Waals surface area contributed by atoms with Gasteiger partial charge in [0.15, 0.2) is 0 Å². The number of aromatic nitrogens is 1. The number of nitriles is 1. The number of hydrogen-bond acceptors (Lipinski definition) is 2. The molecule has 0 spiro atoms. The van der Waals surface area contributed by atoms with E-state index in [9.17, 15) is 0 Å². The first-order valence-electron chi connectivity index (χ1n) is 12.1. The molecule has 4 rings (SSSR count). The molecule has 2 N–H and O–H groups in total. The molecule has 1 heterocycles. The van der Waals surface area contributed by atoms with E-state index in [1.807, 2.05) is 0 Å². The van der Waals surface area contributed by atoms with E-state index in [1.165, 1.54) is 58.1 Å². The Bertz CT molecular complexity index is 1170. The number of benzene rings is 2. The highest BCUT2D eigenvalue weighted by Gasteiger charge is 2.46. The summed E-state index contributed by atoms with van der Waals surface area (Å²) in [6, 6.07) is 18.5. The Labute approximate surface area is 193 Å². The van der Waals surface area contributed by atoms with Gasteiger partial charge in [-0.2, -0.15) is 5.26 Å². The quantitative estimate of drug-likeness (QED) is 0.466. The molecule has 3 nitrogen and oxygen atoms in total. The lowest BCUT2D eigenvalue weighted by molar-refractivity contribution is 0.491. The highest BCUT2D eigenvalue weighted by Crippen LogP contribution is 2.54. The summed E-state index contributed by atoms with van der Waals surface area (Å²) in [4.78, 5) is 0.